The minimum atomic E-state index is -0.395. The van der Waals surface area contributed by atoms with Crippen molar-refractivity contribution in [3.05, 3.63) is 60.4 Å². The molecule has 11 heteroatoms. The Hall–Kier alpha value is -4.12. The van der Waals surface area contributed by atoms with Gasteiger partial charge in [-0.3, -0.25) is 9.48 Å². The number of aromatic nitrogens is 6. The van der Waals surface area contributed by atoms with Crippen LogP contribution in [0.25, 0.3) is 22.6 Å². The van der Waals surface area contributed by atoms with Gasteiger partial charge in [0.25, 0.3) is 5.89 Å². The van der Waals surface area contributed by atoms with Crippen LogP contribution in [0.4, 0.5) is 5.95 Å². The van der Waals surface area contributed by atoms with Crippen LogP contribution in [0.15, 0.2) is 53.6 Å². The summed E-state index contributed by atoms with van der Waals surface area (Å²) in [7, 11) is 3.35. The summed E-state index contributed by atoms with van der Waals surface area (Å²) < 4.78 is 12.3. The molecule has 11 nitrogen and oxygen atoms in total. The minimum absolute atomic E-state index is 0.0618. The van der Waals surface area contributed by atoms with Crippen molar-refractivity contribution >= 4 is 11.9 Å². The lowest BCUT2D eigenvalue weighted by molar-refractivity contribution is -0.131. The van der Waals surface area contributed by atoms with E-state index in [-0.39, 0.29) is 18.4 Å². The highest BCUT2D eigenvalue weighted by Crippen LogP contribution is 2.50. The fourth-order valence-corrected chi connectivity index (χ4v) is 4.43. The molecule has 2 N–H and O–H groups in total. The number of hydrogen-bond acceptors (Lipinski definition) is 9. The molecule has 0 saturated heterocycles. The van der Waals surface area contributed by atoms with E-state index in [1.807, 2.05) is 0 Å². The Morgan fingerprint density at radius 2 is 1.89 bits per heavy atom. The second-order valence-corrected chi connectivity index (χ2v) is 9.54. The Kier molecular flexibility index (Phi) is 6.70. The smallest absolute Gasteiger partial charge is 0.261 e. The molecular formula is C26H30N8O3. The zero-order chi connectivity index (χ0) is 26.0. The molecule has 3 aromatic heterocycles. The van der Waals surface area contributed by atoms with Gasteiger partial charge < -0.3 is 19.9 Å². The summed E-state index contributed by atoms with van der Waals surface area (Å²) in [5.41, 5.74) is 8.91. The fraction of sp³-hybridized carbons (Fsp3) is 0.385. The van der Waals surface area contributed by atoms with Crippen LogP contribution in [0.1, 0.15) is 31.2 Å². The topological polar surface area (TPSA) is 138 Å². The highest BCUT2D eigenvalue weighted by molar-refractivity contribution is 5.75. The SMILES string of the molecule is COCCN(C)C(=O)Cn1cc(-c2nc(C(C)(c3ccc(-c4cnc(N)nc4)cc3)C3CC3)no2)cn1. The molecule has 1 aliphatic carbocycles. The van der Waals surface area contributed by atoms with E-state index in [1.54, 1.807) is 48.5 Å². The van der Waals surface area contributed by atoms with Crippen molar-refractivity contribution in [3.8, 4) is 22.6 Å². The Morgan fingerprint density at radius 3 is 2.57 bits per heavy atom. The predicted octanol–water partition coefficient (Wildman–Crippen LogP) is 2.79. The van der Waals surface area contributed by atoms with Crippen LogP contribution in [-0.4, -0.2) is 68.0 Å². The number of anilines is 1. The molecule has 0 aliphatic heterocycles. The summed E-state index contributed by atoms with van der Waals surface area (Å²) in [5, 5.41) is 8.69. The molecule has 0 radical (unpaired) electrons. The Balaban J connectivity index is 1.35. The number of carbonyl (C=O) groups excluding carboxylic acids is 1. The molecular weight excluding hydrogens is 472 g/mol. The Labute approximate surface area is 214 Å². The van der Waals surface area contributed by atoms with Gasteiger partial charge in [-0.05, 0) is 36.8 Å². The molecule has 0 bridgehead atoms. The molecule has 1 unspecified atom stereocenters. The third kappa shape index (κ3) is 5.08. The molecule has 1 fully saturated rings. The average Bonchev–Trinajstić information content (AvgIpc) is 3.47. The van der Waals surface area contributed by atoms with Gasteiger partial charge in [-0.1, -0.05) is 29.4 Å². The summed E-state index contributed by atoms with van der Waals surface area (Å²) in [4.78, 5) is 27.0. The summed E-state index contributed by atoms with van der Waals surface area (Å²) in [6.07, 6.45) is 9.02. The van der Waals surface area contributed by atoms with Crippen molar-refractivity contribution in [2.45, 2.75) is 31.7 Å². The highest BCUT2D eigenvalue weighted by Gasteiger charge is 2.47. The first-order chi connectivity index (χ1) is 17.9. The molecule has 3 heterocycles. The van der Waals surface area contributed by atoms with Gasteiger partial charge in [0, 0.05) is 44.9 Å². The first-order valence-electron chi connectivity index (χ1n) is 12.2. The number of rotatable bonds is 10. The summed E-state index contributed by atoms with van der Waals surface area (Å²) in [6, 6.07) is 8.31. The molecule has 37 heavy (non-hydrogen) atoms. The predicted molar refractivity (Wildman–Crippen MR) is 136 cm³/mol. The van der Waals surface area contributed by atoms with E-state index in [9.17, 15) is 4.79 Å². The molecule has 5 rings (SSSR count). The Bertz CT molecular complexity index is 1360. The van der Waals surface area contributed by atoms with Crippen LogP contribution in [-0.2, 0) is 21.5 Å². The number of carbonyl (C=O) groups is 1. The molecule has 4 aromatic rings. The lowest BCUT2D eigenvalue weighted by Crippen LogP contribution is -2.32. The number of amides is 1. The molecule has 192 valence electrons. The minimum Gasteiger partial charge on any atom is -0.383 e. The maximum absolute atomic E-state index is 12.4. The molecule has 1 aliphatic rings. The van der Waals surface area contributed by atoms with Crippen LogP contribution >= 0.6 is 0 Å². The van der Waals surface area contributed by atoms with Crippen LogP contribution in [0.5, 0.6) is 0 Å². The number of nitrogen functional groups attached to an aromatic ring is 1. The lowest BCUT2D eigenvalue weighted by Gasteiger charge is -2.27. The number of nitrogens with zero attached hydrogens (tertiary/aromatic N) is 7. The monoisotopic (exact) mass is 502 g/mol. The standard InChI is InChI=1S/C26H30N8O3/c1-26(21-8-9-21,20-6-4-17(5-7-20)18-12-28-25(27)29-13-18)24-31-23(37-32-24)19-14-30-34(15-19)16-22(35)33(2)10-11-36-3/h4-7,12-15,21H,8-11,16H2,1-3H3,(H2,27,28,29). The molecule has 1 atom stereocenters. The van der Waals surface area contributed by atoms with Crippen molar-refractivity contribution in [1.29, 1.82) is 0 Å². The van der Waals surface area contributed by atoms with E-state index in [2.05, 4.69) is 51.4 Å². The third-order valence-electron chi connectivity index (χ3n) is 7.01. The molecule has 1 saturated carbocycles. The summed E-state index contributed by atoms with van der Waals surface area (Å²) in [6.45, 7) is 3.28. The second-order valence-electron chi connectivity index (χ2n) is 9.54. The van der Waals surface area contributed by atoms with Crippen LogP contribution in [0.3, 0.4) is 0 Å². The largest absolute Gasteiger partial charge is 0.383 e. The molecule has 1 aromatic carbocycles. The van der Waals surface area contributed by atoms with E-state index in [0.717, 1.165) is 29.5 Å². The van der Waals surface area contributed by atoms with Gasteiger partial charge in [0.15, 0.2) is 5.82 Å². The van der Waals surface area contributed by atoms with Crippen molar-refractivity contribution < 1.29 is 14.1 Å². The average molecular weight is 503 g/mol. The van der Waals surface area contributed by atoms with Crippen molar-refractivity contribution in [1.82, 2.24) is 34.8 Å². The van der Waals surface area contributed by atoms with Gasteiger partial charge in [-0.25, -0.2) is 9.97 Å². The first kappa shape index (κ1) is 24.6. The van der Waals surface area contributed by atoms with Gasteiger partial charge >= 0.3 is 0 Å². The van der Waals surface area contributed by atoms with E-state index < -0.39 is 5.41 Å². The number of methoxy groups -OCH3 is 1. The Morgan fingerprint density at radius 1 is 1.16 bits per heavy atom. The molecule has 0 spiro atoms. The first-order valence-corrected chi connectivity index (χ1v) is 12.2. The zero-order valence-electron chi connectivity index (χ0n) is 21.2. The lowest BCUT2D eigenvalue weighted by atomic mass is 9.77. The number of benzene rings is 1. The van der Waals surface area contributed by atoms with Gasteiger partial charge in [0.1, 0.15) is 6.54 Å². The zero-order valence-corrected chi connectivity index (χ0v) is 21.2. The second kappa shape index (κ2) is 10.1. The van der Waals surface area contributed by atoms with Crippen LogP contribution in [0.2, 0.25) is 0 Å². The maximum atomic E-state index is 12.4. The van der Waals surface area contributed by atoms with Crippen LogP contribution in [0, 0.1) is 5.92 Å². The van der Waals surface area contributed by atoms with Gasteiger partial charge in [-0.15, -0.1) is 0 Å². The maximum Gasteiger partial charge on any atom is 0.261 e. The van der Waals surface area contributed by atoms with Crippen molar-refractivity contribution in [2.75, 3.05) is 33.0 Å². The number of likely N-dealkylation sites (N-methyl/N-ethyl adjacent to an activating group) is 1. The van der Waals surface area contributed by atoms with Crippen molar-refractivity contribution in [2.24, 2.45) is 5.92 Å². The fourth-order valence-electron chi connectivity index (χ4n) is 4.43. The van der Waals surface area contributed by atoms with E-state index >= 15 is 0 Å². The summed E-state index contributed by atoms with van der Waals surface area (Å²) >= 11 is 0. The summed E-state index contributed by atoms with van der Waals surface area (Å²) in [5.74, 6) is 1.63. The van der Waals surface area contributed by atoms with Gasteiger partial charge in [0.05, 0.1) is 23.8 Å². The quantitative estimate of drug-likeness (QED) is 0.347. The third-order valence-corrected chi connectivity index (χ3v) is 7.01. The normalized spacial score (nSPS) is 14.9. The van der Waals surface area contributed by atoms with Gasteiger partial charge in [0.2, 0.25) is 11.9 Å². The highest BCUT2D eigenvalue weighted by atomic mass is 16.5. The number of ether oxygens (including phenoxy) is 1. The van der Waals surface area contributed by atoms with Crippen molar-refractivity contribution in [3.63, 3.8) is 0 Å². The van der Waals surface area contributed by atoms with Gasteiger partial charge in [-0.2, -0.15) is 10.1 Å². The van der Waals surface area contributed by atoms with Crippen LogP contribution < -0.4 is 5.73 Å². The molecule has 1 amide bonds. The van der Waals surface area contributed by atoms with E-state index in [4.69, 9.17) is 20.0 Å². The number of hydrogen-bond donors (Lipinski definition) is 1. The van der Waals surface area contributed by atoms with E-state index in [1.165, 1.54) is 0 Å². The number of nitrogens with two attached hydrogens (primary N) is 1. The van der Waals surface area contributed by atoms with E-state index in [0.29, 0.717) is 36.3 Å².